The number of hydrogen-bond donors (Lipinski definition) is 0. The van der Waals surface area contributed by atoms with E-state index in [1.807, 2.05) is 0 Å². The second kappa shape index (κ2) is 6.33. The van der Waals surface area contributed by atoms with Crippen LogP contribution in [0.5, 0.6) is 0 Å². The van der Waals surface area contributed by atoms with Gasteiger partial charge < -0.3 is 0 Å². The Labute approximate surface area is 114 Å². The summed E-state index contributed by atoms with van der Waals surface area (Å²) in [6.07, 6.45) is -9.94. The largest absolute Gasteiger partial charge is 0.412 e. The van der Waals surface area contributed by atoms with E-state index in [-0.39, 0.29) is 0 Å². The monoisotopic (exact) mass is 340 g/mol. The first kappa shape index (κ1) is 17.9. The minimum absolute atomic E-state index is 0.704. The van der Waals surface area contributed by atoms with E-state index < -0.39 is 44.3 Å². The van der Waals surface area contributed by atoms with Gasteiger partial charge in [0, 0.05) is 0 Å². The number of rotatable bonds is 5. The summed E-state index contributed by atoms with van der Waals surface area (Å²) in [6.45, 7) is -4.28. The lowest BCUT2D eigenvalue weighted by Gasteiger charge is -2.20. The fourth-order valence-electron chi connectivity index (χ4n) is 1.17. The lowest BCUT2D eigenvalue weighted by Crippen LogP contribution is -2.24. The van der Waals surface area contributed by atoms with Gasteiger partial charge in [-0.2, -0.15) is 26.3 Å². The van der Waals surface area contributed by atoms with Crippen LogP contribution in [0, 0.1) is 5.82 Å². The fourth-order valence-corrected chi connectivity index (χ4v) is 2.76. The van der Waals surface area contributed by atoms with Gasteiger partial charge in [-0.3, -0.25) is 13.6 Å². The Kier molecular flexibility index (Phi) is 5.40. The van der Waals surface area contributed by atoms with Gasteiger partial charge in [0.25, 0.3) is 0 Å². The molecule has 0 aliphatic carbocycles. The molecule has 0 spiro atoms. The van der Waals surface area contributed by atoms with Crippen LogP contribution in [0.1, 0.15) is 0 Å². The molecule has 0 atom stereocenters. The highest BCUT2D eigenvalue weighted by atomic mass is 31.2. The number of hydrogen-bond acceptors (Lipinski definition) is 3. The average Bonchev–Trinajstić information content (AvgIpc) is 2.33. The lowest BCUT2D eigenvalue weighted by molar-refractivity contribution is -0.164. The van der Waals surface area contributed by atoms with E-state index in [2.05, 4.69) is 9.05 Å². The molecule has 0 aromatic heterocycles. The molecule has 0 N–H and O–H groups in total. The molecule has 120 valence electrons. The zero-order valence-electron chi connectivity index (χ0n) is 10.0. The number of benzene rings is 1. The summed E-state index contributed by atoms with van der Waals surface area (Å²) in [7, 11) is -5.12. The summed E-state index contributed by atoms with van der Waals surface area (Å²) < 4.78 is 106. The topological polar surface area (TPSA) is 35.5 Å². The molecule has 1 aromatic rings. The summed E-state index contributed by atoms with van der Waals surface area (Å²) in [6, 6.07) is 3.61. The van der Waals surface area contributed by atoms with Crippen molar-refractivity contribution in [2.24, 2.45) is 0 Å². The predicted molar refractivity (Wildman–Crippen MR) is 57.7 cm³/mol. The van der Waals surface area contributed by atoms with E-state index in [0.29, 0.717) is 6.07 Å². The van der Waals surface area contributed by atoms with E-state index in [1.54, 1.807) is 0 Å². The Morgan fingerprint density at radius 2 is 1.33 bits per heavy atom. The summed E-state index contributed by atoms with van der Waals surface area (Å²) in [5.41, 5.74) is 0. The van der Waals surface area contributed by atoms with Gasteiger partial charge in [-0.1, -0.05) is 12.1 Å². The van der Waals surface area contributed by atoms with Crippen LogP contribution in [-0.2, 0) is 13.6 Å². The molecule has 0 radical (unpaired) electrons. The van der Waals surface area contributed by atoms with Crippen LogP contribution in [-0.4, -0.2) is 25.6 Å². The lowest BCUT2D eigenvalue weighted by atomic mass is 10.3. The highest BCUT2D eigenvalue weighted by molar-refractivity contribution is 7.62. The minimum atomic E-state index is -5.12. The Balaban J connectivity index is 3.05. The number of alkyl halides is 6. The van der Waals surface area contributed by atoms with Gasteiger partial charge in [-0.05, 0) is 12.1 Å². The van der Waals surface area contributed by atoms with Crippen LogP contribution < -0.4 is 5.30 Å². The molecule has 0 aliphatic rings. The van der Waals surface area contributed by atoms with Crippen LogP contribution in [0.3, 0.4) is 0 Å². The fraction of sp³-hybridized carbons (Fsp3) is 0.400. The molecule has 21 heavy (non-hydrogen) atoms. The smallest absolute Gasteiger partial charge is 0.296 e. The molecule has 0 amide bonds. The molecular formula is C10H8F7O3P. The van der Waals surface area contributed by atoms with Crippen LogP contribution >= 0.6 is 7.60 Å². The molecule has 1 aromatic carbocycles. The first-order valence-electron chi connectivity index (χ1n) is 5.21. The first-order chi connectivity index (χ1) is 9.43. The van der Waals surface area contributed by atoms with Crippen LogP contribution in [0.15, 0.2) is 24.3 Å². The van der Waals surface area contributed by atoms with Gasteiger partial charge in [0.05, 0.1) is 5.30 Å². The van der Waals surface area contributed by atoms with Crippen molar-refractivity contribution >= 4 is 12.9 Å². The van der Waals surface area contributed by atoms with Crippen molar-refractivity contribution in [2.75, 3.05) is 13.2 Å². The van der Waals surface area contributed by atoms with Crippen molar-refractivity contribution in [1.82, 2.24) is 0 Å². The van der Waals surface area contributed by atoms with Crippen LogP contribution in [0.2, 0.25) is 0 Å². The van der Waals surface area contributed by atoms with Crippen molar-refractivity contribution in [3.8, 4) is 0 Å². The normalized spacial score (nSPS) is 13.5. The molecular weight excluding hydrogens is 332 g/mol. The summed E-state index contributed by atoms with van der Waals surface area (Å²) in [5.74, 6) is -1.30. The third-order valence-electron chi connectivity index (χ3n) is 1.94. The second-order valence-electron chi connectivity index (χ2n) is 3.73. The maximum atomic E-state index is 13.4. The molecule has 0 saturated heterocycles. The predicted octanol–water partition coefficient (Wildman–Crippen LogP) is 3.80. The summed E-state index contributed by atoms with van der Waals surface area (Å²) >= 11 is 0. The molecule has 1 rings (SSSR count). The molecule has 0 heterocycles. The Morgan fingerprint density at radius 3 is 1.71 bits per heavy atom. The van der Waals surface area contributed by atoms with Crippen molar-refractivity contribution in [3.63, 3.8) is 0 Å². The van der Waals surface area contributed by atoms with Crippen molar-refractivity contribution in [2.45, 2.75) is 12.4 Å². The molecule has 0 unspecified atom stereocenters. The Morgan fingerprint density at radius 1 is 0.905 bits per heavy atom. The van der Waals surface area contributed by atoms with E-state index >= 15 is 0 Å². The van der Waals surface area contributed by atoms with Crippen molar-refractivity contribution in [3.05, 3.63) is 30.1 Å². The van der Waals surface area contributed by atoms with Crippen molar-refractivity contribution < 1.29 is 44.3 Å². The molecule has 3 nitrogen and oxygen atoms in total. The van der Waals surface area contributed by atoms with Gasteiger partial charge in [0.15, 0.2) is 13.2 Å². The molecule has 0 saturated carbocycles. The highest BCUT2D eigenvalue weighted by Crippen LogP contribution is 2.49. The van der Waals surface area contributed by atoms with E-state index in [1.165, 1.54) is 0 Å². The van der Waals surface area contributed by atoms with Crippen LogP contribution in [0.25, 0.3) is 0 Å². The van der Waals surface area contributed by atoms with E-state index in [0.717, 1.165) is 18.2 Å². The van der Waals surface area contributed by atoms with Crippen LogP contribution in [0.4, 0.5) is 30.7 Å². The molecule has 0 bridgehead atoms. The maximum absolute atomic E-state index is 13.4. The van der Waals surface area contributed by atoms with Gasteiger partial charge >= 0.3 is 19.9 Å². The third-order valence-corrected chi connectivity index (χ3v) is 3.83. The van der Waals surface area contributed by atoms with E-state index in [4.69, 9.17) is 0 Å². The quantitative estimate of drug-likeness (QED) is 0.604. The summed E-state index contributed by atoms with van der Waals surface area (Å²) in [4.78, 5) is 0. The minimum Gasteiger partial charge on any atom is -0.296 e. The molecule has 11 heteroatoms. The highest BCUT2D eigenvalue weighted by Gasteiger charge is 2.40. The maximum Gasteiger partial charge on any atom is 0.412 e. The molecule has 0 aliphatic heterocycles. The summed E-state index contributed by atoms with van der Waals surface area (Å²) in [5, 5.41) is -1.00. The Hall–Kier alpha value is -1.12. The SMILES string of the molecule is O=P(OCC(F)(F)F)(OCC(F)(F)F)c1ccccc1F. The Bertz CT molecular complexity index is 504. The van der Waals surface area contributed by atoms with Gasteiger partial charge in [0.1, 0.15) is 5.82 Å². The second-order valence-corrected chi connectivity index (χ2v) is 5.72. The van der Waals surface area contributed by atoms with Gasteiger partial charge in [-0.15, -0.1) is 0 Å². The average molecular weight is 340 g/mol. The zero-order valence-corrected chi connectivity index (χ0v) is 10.9. The number of halogens is 7. The first-order valence-corrected chi connectivity index (χ1v) is 6.75. The van der Waals surface area contributed by atoms with Gasteiger partial charge in [-0.25, -0.2) is 4.39 Å². The standard InChI is InChI=1S/C10H8F7O3P/c11-7-3-1-2-4-8(7)21(18,19-5-9(12,13)14)20-6-10(15,16)17/h1-4H,5-6H2. The van der Waals surface area contributed by atoms with E-state index in [9.17, 15) is 35.3 Å². The third kappa shape index (κ3) is 6.03. The van der Waals surface area contributed by atoms with Crippen molar-refractivity contribution in [1.29, 1.82) is 0 Å². The zero-order chi connectivity index (χ0) is 16.3. The van der Waals surface area contributed by atoms with Gasteiger partial charge in [0.2, 0.25) is 0 Å². The molecule has 0 fully saturated rings.